The van der Waals surface area contributed by atoms with Crippen molar-refractivity contribution < 1.29 is 9.53 Å². The fourth-order valence-electron chi connectivity index (χ4n) is 1.53. The summed E-state index contributed by atoms with van der Waals surface area (Å²) < 4.78 is 5.39. The normalized spacial score (nSPS) is 10.4. The van der Waals surface area contributed by atoms with E-state index in [1.807, 2.05) is 0 Å². The third-order valence-electron chi connectivity index (χ3n) is 2.61. The molecule has 0 fully saturated rings. The number of unbranched alkanes of at least 4 members (excludes halogenated alkanes) is 1. The average molecular weight is 285 g/mol. The lowest BCUT2D eigenvalue weighted by Gasteiger charge is -2.07. The van der Waals surface area contributed by atoms with E-state index in [1.165, 1.54) is 0 Å². The van der Waals surface area contributed by atoms with Gasteiger partial charge in [-0.3, -0.25) is 4.79 Å². The first-order chi connectivity index (χ1) is 9.13. The number of hydrogen-bond acceptors (Lipinski definition) is 3. The monoisotopic (exact) mass is 284 g/mol. The van der Waals surface area contributed by atoms with Gasteiger partial charge < -0.3 is 15.8 Å². The highest BCUT2D eigenvalue weighted by molar-refractivity contribution is 6.33. The lowest BCUT2D eigenvalue weighted by Crippen LogP contribution is -2.12. The molecule has 0 unspecified atom stereocenters. The number of anilines is 2. The number of nitrogens with two attached hydrogens (primary N) is 1. The zero-order chi connectivity index (χ0) is 14.1. The summed E-state index contributed by atoms with van der Waals surface area (Å²) in [5, 5.41) is 3.27. The molecule has 3 N–H and O–H groups in total. The highest BCUT2D eigenvalue weighted by Crippen LogP contribution is 2.22. The van der Waals surface area contributed by atoms with E-state index in [4.69, 9.17) is 22.1 Å². The smallest absolute Gasteiger partial charge is 0.224 e. The quantitative estimate of drug-likeness (QED) is 0.567. The van der Waals surface area contributed by atoms with Crippen LogP contribution in [-0.2, 0) is 9.53 Å². The van der Waals surface area contributed by atoms with Crippen LogP contribution in [0.5, 0.6) is 0 Å². The summed E-state index contributed by atoms with van der Waals surface area (Å²) in [7, 11) is 0. The molecule has 106 valence electrons. The maximum absolute atomic E-state index is 11.7. The summed E-state index contributed by atoms with van der Waals surface area (Å²) in [6.07, 6.45) is 3.35. The molecule has 5 heteroatoms. The van der Waals surface area contributed by atoms with Crippen molar-refractivity contribution in [2.45, 2.75) is 32.6 Å². The van der Waals surface area contributed by atoms with Crippen LogP contribution < -0.4 is 11.1 Å². The van der Waals surface area contributed by atoms with Gasteiger partial charge in [-0.25, -0.2) is 0 Å². The number of nitrogen functional groups attached to an aromatic ring is 1. The first kappa shape index (κ1) is 15.8. The Kier molecular flexibility index (Phi) is 7.30. The molecule has 19 heavy (non-hydrogen) atoms. The van der Waals surface area contributed by atoms with E-state index in [0.717, 1.165) is 25.9 Å². The van der Waals surface area contributed by atoms with E-state index in [2.05, 4.69) is 12.2 Å². The molecule has 0 saturated carbocycles. The Morgan fingerprint density at radius 1 is 1.37 bits per heavy atom. The van der Waals surface area contributed by atoms with Gasteiger partial charge in [0, 0.05) is 25.3 Å². The van der Waals surface area contributed by atoms with Gasteiger partial charge in [-0.15, -0.1) is 0 Å². The second-order valence-corrected chi connectivity index (χ2v) is 4.76. The molecule has 0 heterocycles. The first-order valence-electron chi connectivity index (χ1n) is 6.56. The Bertz CT molecular complexity index is 410. The summed E-state index contributed by atoms with van der Waals surface area (Å²) in [6.45, 7) is 3.51. The summed E-state index contributed by atoms with van der Waals surface area (Å²) in [6, 6.07) is 5.05. The van der Waals surface area contributed by atoms with E-state index in [1.54, 1.807) is 18.2 Å². The number of rotatable bonds is 8. The number of hydrogen-bond donors (Lipinski definition) is 2. The second-order valence-electron chi connectivity index (χ2n) is 4.35. The van der Waals surface area contributed by atoms with Gasteiger partial charge in [-0.2, -0.15) is 0 Å². The molecule has 0 spiro atoms. The van der Waals surface area contributed by atoms with Gasteiger partial charge in [-0.05, 0) is 31.0 Å². The third-order valence-corrected chi connectivity index (χ3v) is 2.96. The minimum Gasteiger partial charge on any atom is -0.397 e. The summed E-state index contributed by atoms with van der Waals surface area (Å²) in [5.41, 5.74) is 6.79. The van der Waals surface area contributed by atoms with Crippen molar-refractivity contribution in [3.8, 4) is 0 Å². The van der Waals surface area contributed by atoms with Crippen LogP contribution in [0.1, 0.15) is 32.6 Å². The van der Waals surface area contributed by atoms with Crippen molar-refractivity contribution in [2.24, 2.45) is 0 Å². The molecule has 0 atom stereocenters. The Morgan fingerprint density at radius 2 is 2.11 bits per heavy atom. The van der Waals surface area contributed by atoms with Crippen LogP contribution in [0.4, 0.5) is 11.4 Å². The first-order valence-corrected chi connectivity index (χ1v) is 6.94. The number of halogens is 1. The number of carbonyl (C=O) groups excluding carboxylic acids is 1. The fourth-order valence-corrected chi connectivity index (χ4v) is 1.65. The van der Waals surface area contributed by atoms with E-state index in [-0.39, 0.29) is 5.91 Å². The largest absolute Gasteiger partial charge is 0.397 e. The van der Waals surface area contributed by atoms with E-state index < -0.39 is 0 Å². The van der Waals surface area contributed by atoms with Crippen molar-refractivity contribution in [3.05, 3.63) is 23.2 Å². The Morgan fingerprint density at radius 3 is 2.79 bits per heavy atom. The zero-order valence-electron chi connectivity index (χ0n) is 11.2. The molecule has 0 aliphatic rings. The van der Waals surface area contributed by atoms with Crippen molar-refractivity contribution in [2.75, 3.05) is 24.3 Å². The average Bonchev–Trinajstić information content (AvgIpc) is 2.38. The predicted octanol–water partition coefficient (Wildman–Crippen LogP) is 3.46. The molecule has 1 rings (SSSR count). The molecule has 1 amide bonds. The Labute approximate surface area is 119 Å². The molecule has 0 aliphatic heterocycles. The van der Waals surface area contributed by atoms with E-state index >= 15 is 0 Å². The third kappa shape index (κ3) is 6.45. The van der Waals surface area contributed by atoms with Gasteiger partial charge in [-0.1, -0.05) is 24.9 Å². The number of ether oxygens (including phenoxy) is 1. The molecule has 4 nitrogen and oxygen atoms in total. The summed E-state index contributed by atoms with van der Waals surface area (Å²) >= 11 is 5.81. The molecule has 0 aliphatic carbocycles. The second kappa shape index (κ2) is 8.77. The number of carbonyl (C=O) groups is 1. The van der Waals surface area contributed by atoms with Crippen molar-refractivity contribution in [1.82, 2.24) is 0 Å². The van der Waals surface area contributed by atoms with Gasteiger partial charge >= 0.3 is 0 Å². The number of benzene rings is 1. The van der Waals surface area contributed by atoms with E-state index in [0.29, 0.717) is 29.4 Å². The minimum atomic E-state index is -0.0409. The van der Waals surface area contributed by atoms with E-state index in [9.17, 15) is 4.79 Å². The van der Waals surface area contributed by atoms with Gasteiger partial charge in [0.1, 0.15) is 0 Å². The minimum absolute atomic E-state index is 0.0409. The standard InChI is InChI=1S/C14H21ClN2O2/c1-2-3-8-19-9-4-5-14(18)17-11-6-7-12(15)13(16)10-11/h6-7,10H,2-5,8-9,16H2,1H3,(H,17,18). The molecule has 1 aromatic rings. The highest BCUT2D eigenvalue weighted by Gasteiger charge is 2.04. The summed E-state index contributed by atoms with van der Waals surface area (Å²) in [4.78, 5) is 11.7. The number of nitrogens with one attached hydrogen (secondary N) is 1. The van der Waals surface area contributed by atoms with Crippen LogP contribution in [0, 0.1) is 0 Å². The van der Waals surface area contributed by atoms with Crippen LogP contribution in [0.2, 0.25) is 5.02 Å². The van der Waals surface area contributed by atoms with Gasteiger partial charge in [0.25, 0.3) is 0 Å². The Hall–Kier alpha value is -1.26. The molecular formula is C14H21ClN2O2. The van der Waals surface area contributed by atoms with Crippen molar-refractivity contribution >= 4 is 28.9 Å². The van der Waals surface area contributed by atoms with Crippen molar-refractivity contribution in [1.29, 1.82) is 0 Å². The number of amides is 1. The van der Waals surface area contributed by atoms with Crippen LogP contribution >= 0.6 is 11.6 Å². The predicted molar refractivity (Wildman–Crippen MR) is 79.5 cm³/mol. The lowest BCUT2D eigenvalue weighted by atomic mass is 10.2. The van der Waals surface area contributed by atoms with Crippen LogP contribution in [-0.4, -0.2) is 19.1 Å². The maximum Gasteiger partial charge on any atom is 0.224 e. The molecule has 0 saturated heterocycles. The lowest BCUT2D eigenvalue weighted by molar-refractivity contribution is -0.116. The van der Waals surface area contributed by atoms with Crippen LogP contribution in [0.25, 0.3) is 0 Å². The maximum atomic E-state index is 11.7. The Balaban J connectivity index is 2.21. The molecule has 0 aromatic heterocycles. The highest BCUT2D eigenvalue weighted by atomic mass is 35.5. The zero-order valence-corrected chi connectivity index (χ0v) is 12.0. The SMILES string of the molecule is CCCCOCCCC(=O)Nc1ccc(Cl)c(N)c1. The summed E-state index contributed by atoms with van der Waals surface area (Å²) in [5.74, 6) is -0.0409. The fraction of sp³-hybridized carbons (Fsp3) is 0.500. The van der Waals surface area contributed by atoms with Crippen molar-refractivity contribution in [3.63, 3.8) is 0 Å². The molecular weight excluding hydrogens is 264 g/mol. The van der Waals surface area contributed by atoms with Crippen LogP contribution in [0.3, 0.4) is 0 Å². The van der Waals surface area contributed by atoms with Crippen LogP contribution in [0.15, 0.2) is 18.2 Å². The van der Waals surface area contributed by atoms with Gasteiger partial charge in [0.05, 0.1) is 10.7 Å². The molecule has 0 radical (unpaired) electrons. The van der Waals surface area contributed by atoms with Gasteiger partial charge in [0.15, 0.2) is 0 Å². The topological polar surface area (TPSA) is 64.3 Å². The molecule has 1 aromatic carbocycles. The molecule has 0 bridgehead atoms. The van der Waals surface area contributed by atoms with Gasteiger partial charge in [0.2, 0.25) is 5.91 Å².